The fourth-order valence-corrected chi connectivity index (χ4v) is 5.53. The Morgan fingerprint density at radius 1 is 1.15 bits per heavy atom. The van der Waals surface area contributed by atoms with Crippen molar-refractivity contribution < 1.29 is 33.9 Å². The van der Waals surface area contributed by atoms with Crippen LogP contribution in [0.3, 0.4) is 0 Å². The normalized spacial score (nSPS) is 26.8. The van der Waals surface area contributed by atoms with E-state index < -0.39 is 58.9 Å². The molecule has 0 radical (unpaired) electrons. The first-order valence-corrected chi connectivity index (χ1v) is 14.1. The minimum absolute atomic E-state index is 0.0277. The van der Waals surface area contributed by atoms with E-state index in [0.29, 0.717) is 0 Å². The molecule has 3 aliphatic rings. The average Bonchev–Trinajstić information content (AvgIpc) is 3.22. The van der Waals surface area contributed by atoms with Crippen molar-refractivity contribution in [1.29, 1.82) is 0 Å². The minimum Gasteiger partial charge on any atom is -0.479 e. The summed E-state index contributed by atoms with van der Waals surface area (Å²) in [4.78, 5) is 59.4. The molecule has 2 saturated carbocycles. The zero-order valence-corrected chi connectivity index (χ0v) is 23.9. The van der Waals surface area contributed by atoms with E-state index in [1.165, 1.54) is 17.2 Å². The summed E-state index contributed by atoms with van der Waals surface area (Å²) in [6.07, 6.45) is 5.43. The van der Waals surface area contributed by atoms with Crippen LogP contribution in [0.25, 0.3) is 0 Å². The van der Waals surface area contributed by atoms with Crippen LogP contribution >= 0.6 is 0 Å². The molecule has 11 nitrogen and oxygen atoms in total. The van der Waals surface area contributed by atoms with Gasteiger partial charge in [0.15, 0.2) is 0 Å². The second-order valence-corrected chi connectivity index (χ2v) is 12.2. The van der Waals surface area contributed by atoms with Crippen LogP contribution in [0.1, 0.15) is 64.9 Å². The van der Waals surface area contributed by atoms with Crippen LogP contribution in [0.15, 0.2) is 48.1 Å². The van der Waals surface area contributed by atoms with Gasteiger partial charge in [-0.15, -0.1) is 6.58 Å². The van der Waals surface area contributed by atoms with Gasteiger partial charge in [-0.2, -0.15) is 0 Å². The summed E-state index contributed by atoms with van der Waals surface area (Å²) in [6.45, 7) is 9.13. The van der Waals surface area contributed by atoms with Gasteiger partial charge in [-0.05, 0) is 43.1 Å². The molecule has 3 N–H and O–H groups in total. The largest absolute Gasteiger partial charge is 0.479 e. The molecule has 0 aromatic heterocycles. The molecule has 1 aromatic rings. The third-order valence-corrected chi connectivity index (χ3v) is 8.04. The SMILES string of the molecule is C=C[C@@H]1C[C@@]1(NC(=O)[C@@H]1C[C@@H](O/N=C/c2ccccc2)CN1C(=O)[C@@H](NC(=O)OC1CCCC1)C(C)(C)C)C(=O)O. The van der Waals surface area contributed by atoms with Gasteiger partial charge in [0.1, 0.15) is 29.8 Å². The van der Waals surface area contributed by atoms with E-state index in [9.17, 15) is 24.3 Å². The highest BCUT2D eigenvalue weighted by atomic mass is 16.6. The maximum Gasteiger partial charge on any atom is 0.408 e. The van der Waals surface area contributed by atoms with Crippen LogP contribution in [0.2, 0.25) is 0 Å². The molecular formula is C30H40N4O7. The molecule has 1 aliphatic heterocycles. The Hall–Kier alpha value is -3.89. The zero-order chi connectivity index (χ0) is 29.8. The maximum atomic E-state index is 14.0. The Labute approximate surface area is 240 Å². The standard InChI is InChI=1S/C30H40N4O7/c1-5-20-16-30(20,27(37)38)33-25(35)23-15-22(41-31-17-19-11-7-6-8-12-19)18-34(23)26(36)24(29(2,3)4)32-28(39)40-21-13-9-10-14-21/h5-8,11-12,17,20-24H,1,9-10,13-16,18H2,2-4H3,(H,32,39)(H,33,35)(H,37,38)/b31-17+/t20-,22-,23+,24-,30+/m1/s1. The zero-order valence-electron chi connectivity index (χ0n) is 23.9. The fraction of sp³-hybridized carbons (Fsp3) is 0.567. The number of ether oxygens (including phenoxy) is 1. The van der Waals surface area contributed by atoms with Crippen molar-refractivity contribution in [2.75, 3.05) is 6.54 Å². The predicted molar refractivity (Wildman–Crippen MR) is 151 cm³/mol. The Bertz CT molecular complexity index is 1180. The van der Waals surface area contributed by atoms with Crippen molar-refractivity contribution in [3.63, 3.8) is 0 Å². The maximum absolute atomic E-state index is 14.0. The number of oxime groups is 1. The van der Waals surface area contributed by atoms with Gasteiger partial charge in [-0.25, -0.2) is 9.59 Å². The van der Waals surface area contributed by atoms with E-state index in [1.807, 2.05) is 51.1 Å². The summed E-state index contributed by atoms with van der Waals surface area (Å²) < 4.78 is 5.55. The smallest absolute Gasteiger partial charge is 0.408 e. The van der Waals surface area contributed by atoms with E-state index in [4.69, 9.17) is 9.57 Å². The van der Waals surface area contributed by atoms with Crippen LogP contribution < -0.4 is 10.6 Å². The van der Waals surface area contributed by atoms with E-state index in [0.717, 1.165) is 31.2 Å². The van der Waals surface area contributed by atoms with Gasteiger partial charge in [0, 0.05) is 12.3 Å². The monoisotopic (exact) mass is 568 g/mol. The number of carboxylic acids is 1. The van der Waals surface area contributed by atoms with Crippen molar-refractivity contribution in [3.8, 4) is 0 Å². The predicted octanol–water partition coefficient (Wildman–Crippen LogP) is 3.24. The molecule has 0 bridgehead atoms. The quantitative estimate of drug-likeness (QED) is 0.223. The number of carboxylic acid groups (broad SMARTS) is 1. The molecule has 222 valence electrons. The van der Waals surface area contributed by atoms with Crippen LogP contribution in [0.4, 0.5) is 4.79 Å². The Balaban J connectivity index is 1.53. The molecule has 1 saturated heterocycles. The van der Waals surface area contributed by atoms with Crippen LogP contribution in [-0.2, 0) is 24.0 Å². The highest BCUT2D eigenvalue weighted by molar-refractivity contribution is 5.96. The lowest BCUT2D eigenvalue weighted by Gasteiger charge is -2.35. The lowest BCUT2D eigenvalue weighted by Crippen LogP contribution is -2.59. The minimum atomic E-state index is -1.45. The van der Waals surface area contributed by atoms with Gasteiger partial charge in [-0.3, -0.25) is 9.59 Å². The number of aliphatic carboxylic acids is 1. The summed E-state index contributed by atoms with van der Waals surface area (Å²) in [6, 6.07) is 7.28. The number of rotatable bonds is 10. The molecule has 41 heavy (non-hydrogen) atoms. The highest BCUT2D eigenvalue weighted by Gasteiger charge is 2.61. The molecule has 3 amide bonds. The summed E-state index contributed by atoms with van der Waals surface area (Å²) >= 11 is 0. The number of nitrogens with zero attached hydrogens (tertiary/aromatic N) is 2. The van der Waals surface area contributed by atoms with Gasteiger partial charge in [-0.1, -0.05) is 62.3 Å². The van der Waals surface area contributed by atoms with Crippen molar-refractivity contribution >= 4 is 30.1 Å². The van der Waals surface area contributed by atoms with Crippen LogP contribution in [-0.4, -0.2) is 76.5 Å². The fourth-order valence-electron chi connectivity index (χ4n) is 5.53. The summed E-state index contributed by atoms with van der Waals surface area (Å²) in [5.74, 6) is -2.66. The van der Waals surface area contributed by atoms with E-state index in [-0.39, 0.29) is 25.5 Å². The first-order chi connectivity index (χ1) is 19.4. The molecule has 11 heteroatoms. The number of likely N-dealkylation sites (tertiary alicyclic amines) is 1. The molecular weight excluding hydrogens is 528 g/mol. The molecule has 0 spiro atoms. The number of benzene rings is 1. The highest BCUT2D eigenvalue weighted by Crippen LogP contribution is 2.45. The van der Waals surface area contributed by atoms with Gasteiger partial charge >= 0.3 is 12.1 Å². The van der Waals surface area contributed by atoms with E-state index >= 15 is 0 Å². The number of hydrogen-bond donors (Lipinski definition) is 3. The first kappa shape index (κ1) is 30.1. The van der Waals surface area contributed by atoms with Crippen LogP contribution in [0, 0.1) is 11.3 Å². The summed E-state index contributed by atoms with van der Waals surface area (Å²) in [5, 5.41) is 19.3. The Kier molecular flexibility index (Phi) is 9.04. The summed E-state index contributed by atoms with van der Waals surface area (Å²) in [7, 11) is 0. The number of alkyl carbamates (subject to hydrolysis) is 1. The van der Waals surface area contributed by atoms with Gasteiger partial charge in [0.25, 0.3) is 0 Å². The third kappa shape index (κ3) is 7.07. The molecule has 1 heterocycles. The van der Waals surface area contributed by atoms with E-state index in [1.54, 1.807) is 0 Å². The van der Waals surface area contributed by atoms with Crippen molar-refractivity contribution in [2.24, 2.45) is 16.5 Å². The van der Waals surface area contributed by atoms with Crippen molar-refractivity contribution in [3.05, 3.63) is 48.6 Å². The van der Waals surface area contributed by atoms with Gasteiger partial charge < -0.3 is 30.2 Å². The Morgan fingerprint density at radius 2 is 1.83 bits per heavy atom. The first-order valence-electron chi connectivity index (χ1n) is 14.1. The average molecular weight is 569 g/mol. The molecule has 0 unspecified atom stereocenters. The van der Waals surface area contributed by atoms with Gasteiger partial charge in [0.2, 0.25) is 11.8 Å². The molecule has 2 aliphatic carbocycles. The van der Waals surface area contributed by atoms with Crippen LogP contribution in [0.5, 0.6) is 0 Å². The lowest BCUT2D eigenvalue weighted by molar-refractivity contribution is -0.146. The molecule has 5 atom stereocenters. The summed E-state index contributed by atoms with van der Waals surface area (Å²) in [5.41, 5.74) is -1.35. The lowest BCUT2D eigenvalue weighted by atomic mass is 9.85. The van der Waals surface area contributed by atoms with Crippen molar-refractivity contribution in [1.82, 2.24) is 15.5 Å². The number of nitrogens with one attached hydrogen (secondary N) is 2. The number of carbonyl (C=O) groups excluding carboxylic acids is 3. The second-order valence-electron chi connectivity index (χ2n) is 12.2. The number of carbonyl (C=O) groups is 4. The second kappa shape index (κ2) is 12.3. The number of hydrogen-bond acceptors (Lipinski definition) is 7. The molecule has 4 rings (SSSR count). The third-order valence-electron chi connectivity index (χ3n) is 8.04. The van der Waals surface area contributed by atoms with Gasteiger partial charge in [0.05, 0.1) is 12.8 Å². The molecule has 1 aromatic carbocycles. The molecule has 3 fully saturated rings. The topological polar surface area (TPSA) is 147 Å². The van der Waals surface area contributed by atoms with Crippen molar-refractivity contribution in [2.45, 2.75) is 89.1 Å². The Morgan fingerprint density at radius 3 is 2.41 bits per heavy atom. The number of amides is 3. The van der Waals surface area contributed by atoms with E-state index in [2.05, 4.69) is 22.4 Å².